The van der Waals surface area contributed by atoms with Gasteiger partial charge in [0.15, 0.2) is 0 Å². The molecule has 1 N–H and O–H groups in total. The van der Waals surface area contributed by atoms with Crippen molar-refractivity contribution in [2.24, 2.45) is 5.92 Å². The molecule has 0 radical (unpaired) electrons. The minimum absolute atomic E-state index is 0.195. The van der Waals surface area contributed by atoms with Gasteiger partial charge in [0, 0.05) is 0 Å². The zero-order valence-corrected chi connectivity index (χ0v) is 7.08. The summed E-state index contributed by atoms with van der Waals surface area (Å²) in [6.45, 7) is 0.492. The molecule has 0 aromatic rings. The maximum absolute atomic E-state index is 11.2. The minimum atomic E-state index is -0.729. The molecule has 1 aliphatic heterocycles. The summed E-state index contributed by atoms with van der Waals surface area (Å²) >= 11 is 0. The lowest BCUT2D eigenvalue weighted by molar-refractivity contribution is -0.148. The van der Waals surface area contributed by atoms with Crippen LogP contribution in [0.3, 0.4) is 0 Å². The summed E-state index contributed by atoms with van der Waals surface area (Å²) < 4.78 is 4.84. The molecular weight excluding hydrogens is 156 g/mol. The lowest BCUT2D eigenvalue weighted by Crippen LogP contribution is -2.37. The molecule has 12 heavy (non-hydrogen) atoms. The number of rotatable bonds is 1. The maximum Gasteiger partial charge on any atom is 0.311 e. The SMILES string of the molecule is O=C1OCCC1C1(O)CCCC1. The van der Waals surface area contributed by atoms with E-state index in [4.69, 9.17) is 4.74 Å². The van der Waals surface area contributed by atoms with Crippen molar-refractivity contribution in [2.45, 2.75) is 37.7 Å². The van der Waals surface area contributed by atoms with Crippen LogP contribution in [0.15, 0.2) is 0 Å². The Labute approximate surface area is 71.7 Å². The lowest BCUT2D eigenvalue weighted by Gasteiger charge is -2.25. The van der Waals surface area contributed by atoms with Crippen LogP contribution in [0.2, 0.25) is 0 Å². The van der Waals surface area contributed by atoms with E-state index in [0.29, 0.717) is 13.0 Å². The fraction of sp³-hybridized carbons (Fsp3) is 0.889. The van der Waals surface area contributed by atoms with Crippen LogP contribution >= 0.6 is 0 Å². The smallest absolute Gasteiger partial charge is 0.311 e. The van der Waals surface area contributed by atoms with Gasteiger partial charge in [-0.3, -0.25) is 4.79 Å². The second-order valence-electron chi connectivity index (χ2n) is 3.82. The van der Waals surface area contributed by atoms with Gasteiger partial charge in [-0.15, -0.1) is 0 Å². The topological polar surface area (TPSA) is 46.5 Å². The van der Waals surface area contributed by atoms with Crippen molar-refractivity contribution >= 4 is 5.97 Å². The average Bonchev–Trinajstić information content (AvgIpc) is 2.59. The third kappa shape index (κ3) is 1.12. The van der Waals surface area contributed by atoms with Gasteiger partial charge >= 0.3 is 5.97 Å². The Bertz CT molecular complexity index is 194. The highest BCUT2D eigenvalue weighted by atomic mass is 16.5. The van der Waals surface area contributed by atoms with Crippen molar-refractivity contribution in [2.75, 3.05) is 6.61 Å². The van der Waals surface area contributed by atoms with Crippen molar-refractivity contribution in [1.82, 2.24) is 0 Å². The quantitative estimate of drug-likeness (QED) is 0.593. The number of esters is 1. The molecule has 0 aromatic heterocycles. The molecule has 1 atom stereocenters. The van der Waals surface area contributed by atoms with Crippen LogP contribution in [-0.2, 0) is 9.53 Å². The number of cyclic esters (lactones) is 1. The Balaban J connectivity index is 2.11. The number of hydrogen-bond donors (Lipinski definition) is 1. The Kier molecular flexibility index (Phi) is 1.83. The second kappa shape index (κ2) is 2.73. The van der Waals surface area contributed by atoms with E-state index in [1.165, 1.54) is 0 Å². The van der Waals surface area contributed by atoms with Crippen molar-refractivity contribution < 1.29 is 14.6 Å². The van der Waals surface area contributed by atoms with Gasteiger partial charge in [-0.05, 0) is 19.3 Å². The Hall–Kier alpha value is -0.570. The maximum atomic E-state index is 11.2. The summed E-state index contributed by atoms with van der Waals surface area (Å²) in [5, 5.41) is 10.1. The molecule has 1 unspecified atom stereocenters. The van der Waals surface area contributed by atoms with Crippen molar-refractivity contribution in [1.29, 1.82) is 0 Å². The van der Waals surface area contributed by atoms with Gasteiger partial charge in [-0.25, -0.2) is 0 Å². The second-order valence-corrected chi connectivity index (χ2v) is 3.82. The standard InChI is InChI=1S/C9H14O3/c10-8-7(3-6-12-8)9(11)4-1-2-5-9/h7,11H,1-6H2. The van der Waals surface area contributed by atoms with Crippen molar-refractivity contribution in [3.05, 3.63) is 0 Å². The van der Waals surface area contributed by atoms with E-state index in [1.807, 2.05) is 0 Å². The molecule has 1 aliphatic carbocycles. The molecule has 0 amide bonds. The van der Waals surface area contributed by atoms with Crippen LogP contribution in [0.25, 0.3) is 0 Å². The molecule has 0 bridgehead atoms. The fourth-order valence-corrected chi connectivity index (χ4v) is 2.32. The first-order chi connectivity index (χ1) is 5.72. The van der Waals surface area contributed by atoms with E-state index in [-0.39, 0.29) is 11.9 Å². The zero-order valence-electron chi connectivity index (χ0n) is 7.08. The Morgan fingerprint density at radius 1 is 1.42 bits per heavy atom. The van der Waals surface area contributed by atoms with Gasteiger partial charge in [-0.1, -0.05) is 12.8 Å². The van der Waals surface area contributed by atoms with Crippen LogP contribution in [0.5, 0.6) is 0 Å². The average molecular weight is 170 g/mol. The Morgan fingerprint density at radius 3 is 2.58 bits per heavy atom. The highest BCUT2D eigenvalue weighted by Crippen LogP contribution is 2.39. The molecule has 2 rings (SSSR count). The van der Waals surface area contributed by atoms with Gasteiger partial charge in [-0.2, -0.15) is 0 Å². The van der Waals surface area contributed by atoms with Gasteiger partial charge in [0.05, 0.1) is 18.1 Å². The minimum Gasteiger partial charge on any atom is -0.465 e. The third-order valence-electron chi connectivity index (χ3n) is 3.05. The van der Waals surface area contributed by atoms with Crippen LogP contribution < -0.4 is 0 Å². The summed E-state index contributed by atoms with van der Waals surface area (Å²) in [7, 11) is 0. The summed E-state index contributed by atoms with van der Waals surface area (Å²) in [6.07, 6.45) is 4.33. The number of ether oxygens (including phenoxy) is 1. The van der Waals surface area contributed by atoms with Crippen molar-refractivity contribution in [3.8, 4) is 0 Å². The summed E-state index contributed by atoms with van der Waals surface area (Å²) in [4.78, 5) is 11.2. The van der Waals surface area contributed by atoms with Crippen LogP contribution in [0.4, 0.5) is 0 Å². The van der Waals surface area contributed by atoms with E-state index in [1.54, 1.807) is 0 Å². The molecule has 3 nitrogen and oxygen atoms in total. The predicted octanol–water partition coefficient (Wildman–Crippen LogP) is 0.855. The Morgan fingerprint density at radius 2 is 2.08 bits per heavy atom. The summed E-state index contributed by atoms with van der Waals surface area (Å²) in [6, 6.07) is 0. The first-order valence-electron chi connectivity index (χ1n) is 4.61. The van der Waals surface area contributed by atoms with E-state index in [9.17, 15) is 9.90 Å². The predicted molar refractivity (Wildman–Crippen MR) is 42.5 cm³/mol. The molecule has 0 spiro atoms. The third-order valence-corrected chi connectivity index (χ3v) is 3.05. The van der Waals surface area contributed by atoms with Gasteiger partial charge in [0.2, 0.25) is 0 Å². The van der Waals surface area contributed by atoms with Gasteiger partial charge in [0.25, 0.3) is 0 Å². The van der Waals surface area contributed by atoms with Gasteiger partial charge in [0.1, 0.15) is 0 Å². The number of carbonyl (C=O) groups excluding carboxylic acids is 1. The molecule has 1 saturated heterocycles. The van der Waals surface area contributed by atoms with Crippen molar-refractivity contribution in [3.63, 3.8) is 0 Å². The van der Waals surface area contributed by atoms with Crippen LogP contribution in [-0.4, -0.2) is 23.3 Å². The zero-order chi connectivity index (χ0) is 8.60. The number of aliphatic hydroxyl groups is 1. The van der Waals surface area contributed by atoms with Crippen LogP contribution in [0, 0.1) is 5.92 Å². The summed E-state index contributed by atoms with van der Waals surface area (Å²) in [5.41, 5.74) is -0.729. The molecule has 68 valence electrons. The van der Waals surface area contributed by atoms with Gasteiger partial charge < -0.3 is 9.84 Å². The van der Waals surface area contributed by atoms with E-state index < -0.39 is 5.60 Å². The first-order valence-corrected chi connectivity index (χ1v) is 4.61. The van der Waals surface area contributed by atoms with E-state index in [0.717, 1.165) is 25.7 Å². The van der Waals surface area contributed by atoms with E-state index >= 15 is 0 Å². The van der Waals surface area contributed by atoms with E-state index in [2.05, 4.69) is 0 Å². The first kappa shape index (κ1) is 8.05. The molecule has 0 aromatic carbocycles. The highest BCUT2D eigenvalue weighted by Gasteiger charge is 2.46. The monoisotopic (exact) mass is 170 g/mol. The normalized spacial score (nSPS) is 33.8. The molecule has 1 saturated carbocycles. The summed E-state index contributed by atoms with van der Waals surface area (Å²) in [5.74, 6) is -0.431. The molecule has 2 fully saturated rings. The molecule has 2 aliphatic rings. The van der Waals surface area contributed by atoms with Crippen LogP contribution in [0.1, 0.15) is 32.1 Å². The highest BCUT2D eigenvalue weighted by molar-refractivity contribution is 5.75. The number of hydrogen-bond acceptors (Lipinski definition) is 3. The fourth-order valence-electron chi connectivity index (χ4n) is 2.32. The number of carbonyl (C=O) groups is 1. The largest absolute Gasteiger partial charge is 0.465 e. The molecule has 3 heteroatoms. The lowest BCUT2D eigenvalue weighted by atomic mass is 9.85. The molecule has 1 heterocycles. The molecular formula is C9H14O3.